The second kappa shape index (κ2) is 4.80. The van der Waals surface area contributed by atoms with E-state index in [-0.39, 0.29) is 28.6 Å². The van der Waals surface area contributed by atoms with Gasteiger partial charge >= 0.3 is 0 Å². The molecule has 98 valence electrons. The molecule has 0 fully saturated rings. The highest BCUT2D eigenvalue weighted by atomic mass is 16.3. The Morgan fingerprint density at radius 3 is 1.61 bits per heavy atom. The number of phenolic OH excluding ortho intramolecular Hbond substituents is 2. The first-order valence-corrected chi connectivity index (χ1v) is 5.72. The summed E-state index contributed by atoms with van der Waals surface area (Å²) in [5.74, 6) is -1.77. The van der Waals surface area contributed by atoms with Crippen molar-refractivity contribution < 1.29 is 19.8 Å². The molecule has 0 heterocycles. The van der Waals surface area contributed by atoms with Gasteiger partial charge in [-0.2, -0.15) is 0 Å². The van der Waals surface area contributed by atoms with Crippen molar-refractivity contribution in [2.75, 3.05) is 0 Å². The monoisotopic (exact) mass is 250 g/mol. The lowest BCUT2D eigenvalue weighted by Crippen LogP contribution is -2.19. The first kappa shape index (κ1) is 14.2. The fraction of sp³-hybridized carbons (Fsp3) is 0.429. The van der Waals surface area contributed by atoms with E-state index in [0.29, 0.717) is 16.7 Å². The number of hydrogen-bond acceptors (Lipinski definition) is 4. The fourth-order valence-corrected chi connectivity index (χ4v) is 2.19. The topological polar surface area (TPSA) is 74.6 Å². The van der Waals surface area contributed by atoms with Gasteiger partial charge in [-0.15, -0.1) is 0 Å². The predicted molar refractivity (Wildman–Crippen MR) is 68.1 cm³/mol. The number of phenols is 2. The predicted octanol–water partition coefficient (Wildman–Crippen LogP) is 2.28. The van der Waals surface area contributed by atoms with E-state index in [9.17, 15) is 19.8 Å². The first-order valence-electron chi connectivity index (χ1n) is 5.72. The molecular weight excluding hydrogens is 232 g/mol. The third-order valence-electron chi connectivity index (χ3n) is 3.39. The molecule has 0 amide bonds. The van der Waals surface area contributed by atoms with Crippen LogP contribution in [-0.2, 0) is 9.59 Å². The van der Waals surface area contributed by atoms with E-state index >= 15 is 0 Å². The largest absolute Gasteiger partial charge is 0.507 e. The van der Waals surface area contributed by atoms with Crippen LogP contribution in [0.1, 0.15) is 42.0 Å². The Labute approximate surface area is 106 Å². The number of Topliss-reactive ketones (excluding diaryl/α,β-unsaturated/α-hetero) is 2. The van der Waals surface area contributed by atoms with Crippen LogP contribution in [0.15, 0.2) is 0 Å². The molecule has 1 aromatic carbocycles. The van der Waals surface area contributed by atoms with E-state index in [4.69, 9.17) is 0 Å². The Hall–Kier alpha value is -1.84. The van der Waals surface area contributed by atoms with Gasteiger partial charge in [0.1, 0.15) is 29.0 Å². The molecule has 0 spiro atoms. The summed E-state index contributed by atoms with van der Waals surface area (Å²) in [4.78, 5) is 23.2. The molecule has 0 aromatic heterocycles. The number of rotatable bonds is 3. The quantitative estimate of drug-likeness (QED) is 0.637. The number of hydrogen-bond donors (Lipinski definition) is 2. The van der Waals surface area contributed by atoms with Crippen molar-refractivity contribution in [3.63, 3.8) is 0 Å². The highest BCUT2D eigenvalue weighted by molar-refractivity contribution is 6.06. The summed E-state index contributed by atoms with van der Waals surface area (Å²) in [7, 11) is 0. The molecule has 0 radical (unpaired) electrons. The summed E-state index contributed by atoms with van der Waals surface area (Å²) in [6.07, 6.45) is 0. The summed E-state index contributed by atoms with van der Waals surface area (Å²) in [5.41, 5.74) is 1.64. The van der Waals surface area contributed by atoms with Crippen LogP contribution in [0.2, 0.25) is 0 Å². The molecule has 0 bridgehead atoms. The number of carbonyl (C=O) groups excluding carboxylic acids is 2. The van der Waals surface area contributed by atoms with Gasteiger partial charge in [0.2, 0.25) is 0 Å². The van der Waals surface area contributed by atoms with Gasteiger partial charge in [0.05, 0.1) is 0 Å². The highest BCUT2D eigenvalue weighted by Gasteiger charge is 2.29. The molecule has 4 heteroatoms. The van der Waals surface area contributed by atoms with Crippen LogP contribution in [0.25, 0.3) is 0 Å². The van der Waals surface area contributed by atoms with Crippen LogP contribution in [0.3, 0.4) is 0 Å². The number of ketones is 2. The van der Waals surface area contributed by atoms with Crippen molar-refractivity contribution in [3.05, 3.63) is 22.3 Å². The standard InChI is InChI=1S/C14H18O4/c1-6-7(2)14(18)11(8(3)13(6)17)12(9(4)15)10(5)16/h12,17-18H,1-5H3. The van der Waals surface area contributed by atoms with Gasteiger partial charge in [-0.05, 0) is 51.3 Å². The van der Waals surface area contributed by atoms with Gasteiger partial charge < -0.3 is 10.2 Å². The van der Waals surface area contributed by atoms with Crippen molar-refractivity contribution >= 4 is 11.6 Å². The summed E-state index contributed by atoms with van der Waals surface area (Å²) < 4.78 is 0. The molecule has 0 saturated heterocycles. The van der Waals surface area contributed by atoms with Crippen LogP contribution >= 0.6 is 0 Å². The van der Waals surface area contributed by atoms with E-state index in [2.05, 4.69) is 0 Å². The summed E-state index contributed by atoms with van der Waals surface area (Å²) in [5, 5.41) is 20.1. The van der Waals surface area contributed by atoms with Gasteiger partial charge in [-0.3, -0.25) is 9.59 Å². The molecule has 4 nitrogen and oxygen atoms in total. The van der Waals surface area contributed by atoms with E-state index in [0.717, 1.165) is 0 Å². The summed E-state index contributed by atoms with van der Waals surface area (Å²) in [6, 6.07) is 0. The van der Waals surface area contributed by atoms with Crippen LogP contribution < -0.4 is 0 Å². The van der Waals surface area contributed by atoms with Gasteiger partial charge in [-0.1, -0.05) is 0 Å². The Morgan fingerprint density at radius 2 is 1.22 bits per heavy atom. The van der Waals surface area contributed by atoms with E-state index in [1.807, 2.05) is 0 Å². The number of aromatic hydroxyl groups is 2. The molecule has 1 rings (SSSR count). The second-order valence-corrected chi connectivity index (χ2v) is 4.64. The SMILES string of the molecule is CC(=O)C(C(C)=O)c1c(C)c(O)c(C)c(C)c1O. The maximum Gasteiger partial charge on any atom is 0.144 e. The average Bonchev–Trinajstić information content (AvgIpc) is 2.28. The van der Waals surface area contributed by atoms with Crippen molar-refractivity contribution in [1.82, 2.24) is 0 Å². The lowest BCUT2D eigenvalue weighted by atomic mass is 9.85. The summed E-state index contributed by atoms with van der Waals surface area (Å²) >= 11 is 0. The molecule has 2 N–H and O–H groups in total. The lowest BCUT2D eigenvalue weighted by molar-refractivity contribution is -0.126. The number of carbonyl (C=O) groups is 2. The fourth-order valence-electron chi connectivity index (χ4n) is 2.19. The molecule has 0 aliphatic carbocycles. The minimum Gasteiger partial charge on any atom is -0.507 e. The van der Waals surface area contributed by atoms with E-state index in [1.54, 1.807) is 20.8 Å². The minimum atomic E-state index is -1.02. The van der Waals surface area contributed by atoms with Crippen molar-refractivity contribution in [2.45, 2.75) is 40.5 Å². The Morgan fingerprint density at radius 1 is 0.833 bits per heavy atom. The zero-order valence-electron chi connectivity index (χ0n) is 11.3. The van der Waals surface area contributed by atoms with Crippen LogP contribution in [-0.4, -0.2) is 21.8 Å². The maximum atomic E-state index is 11.6. The Balaban J connectivity index is 3.69. The van der Waals surface area contributed by atoms with Crippen LogP contribution in [0, 0.1) is 20.8 Å². The molecule has 18 heavy (non-hydrogen) atoms. The van der Waals surface area contributed by atoms with Gasteiger partial charge in [-0.25, -0.2) is 0 Å². The van der Waals surface area contributed by atoms with Crippen molar-refractivity contribution in [1.29, 1.82) is 0 Å². The van der Waals surface area contributed by atoms with Gasteiger partial charge in [0, 0.05) is 5.56 Å². The van der Waals surface area contributed by atoms with Crippen molar-refractivity contribution in [2.24, 2.45) is 0 Å². The zero-order chi connectivity index (χ0) is 14.2. The van der Waals surface area contributed by atoms with E-state index < -0.39 is 5.92 Å². The van der Waals surface area contributed by atoms with Crippen molar-refractivity contribution in [3.8, 4) is 11.5 Å². The molecule has 0 unspecified atom stereocenters. The van der Waals surface area contributed by atoms with Gasteiger partial charge in [0.15, 0.2) is 0 Å². The Bertz CT molecular complexity index is 486. The van der Waals surface area contributed by atoms with E-state index in [1.165, 1.54) is 13.8 Å². The first-order chi connectivity index (χ1) is 8.20. The zero-order valence-corrected chi connectivity index (χ0v) is 11.3. The molecular formula is C14H18O4. The maximum absolute atomic E-state index is 11.6. The second-order valence-electron chi connectivity index (χ2n) is 4.64. The number of benzene rings is 1. The minimum absolute atomic E-state index is 0.0211. The lowest BCUT2D eigenvalue weighted by Gasteiger charge is -2.20. The smallest absolute Gasteiger partial charge is 0.144 e. The molecule has 1 aromatic rings. The van der Waals surface area contributed by atoms with Crippen LogP contribution in [0.4, 0.5) is 0 Å². The molecule has 0 atom stereocenters. The van der Waals surface area contributed by atoms with Gasteiger partial charge in [0.25, 0.3) is 0 Å². The highest BCUT2D eigenvalue weighted by Crippen LogP contribution is 2.40. The molecule has 0 aliphatic rings. The Kier molecular flexibility index (Phi) is 3.79. The average molecular weight is 250 g/mol. The van der Waals surface area contributed by atoms with Crippen LogP contribution in [0.5, 0.6) is 11.5 Å². The third kappa shape index (κ3) is 2.10. The normalized spacial score (nSPS) is 10.8. The third-order valence-corrected chi connectivity index (χ3v) is 3.39. The summed E-state index contributed by atoms with van der Waals surface area (Å²) in [6.45, 7) is 7.52. The molecule has 0 saturated carbocycles. The molecule has 0 aliphatic heterocycles.